The van der Waals surface area contributed by atoms with Gasteiger partial charge >= 0.3 is 0 Å². The van der Waals surface area contributed by atoms with Crippen LogP contribution in [0.1, 0.15) is 17.2 Å². The van der Waals surface area contributed by atoms with Gasteiger partial charge in [-0.05, 0) is 16.8 Å². The Morgan fingerprint density at radius 3 is 2.41 bits per heavy atom. The molecular formula is C15H12Cl2N4O. The maximum Gasteiger partial charge on any atom is 0.169 e. The summed E-state index contributed by atoms with van der Waals surface area (Å²) in [6, 6.07) is 11.2. The fourth-order valence-electron chi connectivity index (χ4n) is 2.18. The third-order valence-corrected chi connectivity index (χ3v) is 3.74. The van der Waals surface area contributed by atoms with Crippen LogP contribution in [0.4, 0.5) is 0 Å². The minimum Gasteiger partial charge on any atom is -0.507 e. The first-order valence-corrected chi connectivity index (χ1v) is 7.61. The van der Waals surface area contributed by atoms with Crippen LogP contribution in [0.25, 0.3) is 10.8 Å². The van der Waals surface area contributed by atoms with Gasteiger partial charge in [-0.2, -0.15) is 9.78 Å². The Bertz CT molecular complexity index is 823. The molecule has 0 aliphatic rings. The fourth-order valence-corrected chi connectivity index (χ4v) is 2.52. The Kier molecular flexibility index (Phi) is 4.27. The lowest BCUT2D eigenvalue weighted by molar-refractivity contribution is 0.475. The summed E-state index contributed by atoms with van der Waals surface area (Å²) in [4.78, 5) is 0. The minimum absolute atomic E-state index is 0.148. The second-order valence-corrected chi connectivity index (χ2v) is 5.11. The summed E-state index contributed by atoms with van der Waals surface area (Å²) >= 11 is 11.6. The van der Waals surface area contributed by atoms with Crippen LogP contribution in [0, 0.1) is 0 Å². The van der Waals surface area contributed by atoms with Crippen LogP contribution < -0.4 is 0 Å². The number of nitrogens with zero attached hydrogens (tertiary/aromatic N) is 4. The van der Waals surface area contributed by atoms with E-state index in [4.69, 9.17) is 23.2 Å². The summed E-state index contributed by atoms with van der Waals surface area (Å²) in [5.74, 6) is 1.47. The molecule has 1 aromatic heterocycles. The van der Waals surface area contributed by atoms with E-state index in [2.05, 4.69) is 15.3 Å². The maximum absolute atomic E-state index is 10.1. The van der Waals surface area contributed by atoms with E-state index in [9.17, 15) is 5.11 Å². The molecule has 3 aromatic rings. The molecule has 3 rings (SSSR count). The van der Waals surface area contributed by atoms with Crippen LogP contribution in [0.15, 0.2) is 41.5 Å². The van der Waals surface area contributed by atoms with Crippen molar-refractivity contribution in [1.82, 2.24) is 14.9 Å². The minimum atomic E-state index is 0.148. The number of aromatic hydroxyl groups is 1. The van der Waals surface area contributed by atoms with Crippen LogP contribution in [0.3, 0.4) is 0 Å². The van der Waals surface area contributed by atoms with E-state index < -0.39 is 0 Å². The molecule has 1 heterocycles. The van der Waals surface area contributed by atoms with E-state index in [-0.39, 0.29) is 17.5 Å². The number of hydrogen-bond donors (Lipinski definition) is 1. The molecule has 22 heavy (non-hydrogen) atoms. The molecule has 5 nitrogen and oxygen atoms in total. The topological polar surface area (TPSA) is 63.3 Å². The standard InChI is InChI=1S/C15H12Cl2N4O/c16-7-14-19-20-15(8-17)21(14)18-9-12-11-4-2-1-3-10(11)5-6-13(12)22/h1-6,9,22H,7-8H2. The molecule has 0 saturated carbocycles. The van der Waals surface area contributed by atoms with Crippen LogP contribution in [-0.2, 0) is 11.8 Å². The highest BCUT2D eigenvalue weighted by Crippen LogP contribution is 2.25. The zero-order valence-electron chi connectivity index (χ0n) is 11.4. The van der Waals surface area contributed by atoms with E-state index in [0.29, 0.717) is 17.2 Å². The Balaban J connectivity index is 2.10. The lowest BCUT2D eigenvalue weighted by Crippen LogP contribution is -2.00. The molecule has 2 aromatic carbocycles. The summed E-state index contributed by atoms with van der Waals surface area (Å²) < 4.78 is 1.49. The quantitative estimate of drug-likeness (QED) is 0.586. The second-order valence-electron chi connectivity index (χ2n) is 4.58. The first-order chi connectivity index (χ1) is 10.7. The molecule has 0 atom stereocenters. The van der Waals surface area contributed by atoms with Gasteiger partial charge in [-0.25, -0.2) is 0 Å². The van der Waals surface area contributed by atoms with E-state index >= 15 is 0 Å². The highest BCUT2D eigenvalue weighted by atomic mass is 35.5. The van der Waals surface area contributed by atoms with E-state index in [1.165, 1.54) is 4.68 Å². The number of halogens is 2. The summed E-state index contributed by atoms with van der Waals surface area (Å²) in [5.41, 5.74) is 0.618. The normalized spacial score (nSPS) is 11.5. The van der Waals surface area contributed by atoms with Gasteiger partial charge in [0.2, 0.25) is 0 Å². The van der Waals surface area contributed by atoms with E-state index in [1.807, 2.05) is 30.3 Å². The van der Waals surface area contributed by atoms with Gasteiger partial charge in [0.15, 0.2) is 11.6 Å². The molecule has 0 spiro atoms. The molecule has 0 amide bonds. The first-order valence-electron chi connectivity index (χ1n) is 6.54. The van der Waals surface area contributed by atoms with E-state index in [1.54, 1.807) is 12.3 Å². The molecule has 0 fully saturated rings. The lowest BCUT2D eigenvalue weighted by Gasteiger charge is -2.05. The molecule has 7 heteroatoms. The SMILES string of the molecule is Oc1ccc2ccccc2c1C=Nn1c(CCl)nnc1CCl. The van der Waals surface area contributed by atoms with Gasteiger partial charge in [-0.15, -0.1) is 33.4 Å². The summed E-state index contributed by atoms with van der Waals surface area (Å²) in [5, 5.41) is 24.2. The van der Waals surface area contributed by atoms with Crippen molar-refractivity contribution in [3.63, 3.8) is 0 Å². The highest BCUT2D eigenvalue weighted by molar-refractivity contribution is 6.17. The Hall–Kier alpha value is -2.11. The Morgan fingerprint density at radius 2 is 1.73 bits per heavy atom. The number of hydrogen-bond acceptors (Lipinski definition) is 4. The van der Waals surface area contributed by atoms with Gasteiger partial charge in [0, 0.05) is 5.56 Å². The number of phenolic OH excluding ortho intramolecular Hbond substituents is 1. The van der Waals surface area contributed by atoms with Gasteiger partial charge < -0.3 is 5.11 Å². The average molecular weight is 335 g/mol. The third kappa shape index (κ3) is 2.65. The van der Waals surface area contributed by atoms with E-state index in [0.717, 1.165) is 10.8 Å². The summed E-state index contributed by atoms with van der Waals surface area (Å²) in [6.45, 7) is 0. The number of benzene rings is 2. The van der Waals surface area contributed by atoms with Crippen LogP contribution in [0.2, 0.25) is 0 Å². The van der Waals surface area contributed by atoms with Crippen LogP contribution in [0.5, 0.6) is 5.75 Å². The summed E-state index contributed by atoms with van der Waals surface area (Å²) in [7, 11) is 0. The van der Waals surface area contributed by atoms with Crippen molar-refractivity contribution in [1.29, 1.82) is 0 Å². The van der Waals surface area contributed by atoms with Crippen molar-refractivity contribution in [2.75, 3.05) is 0 Å². The molecule has 1 N–H and O–H groups in total. The molecule has 0 aliphatic carbocycles. The number of fused-ring (bicyclic) bond motifs is 1. The van der Waals surface area contributed by atoms with Crippen molar-refractivity contribution in [3.05, 3.63) is 53.6 Å². The maximum atomic E-state index is 10.1. The van der Waals surface area contributed by atoms with Crippen molar-refractivity contribution in [2.24, 2.45) is 5.10 Å². The smallest absolute Gasteiger partial charge is 0.169 e. The highest BCUT2D eigenvalue weighted by Gasteiger charge is 2.10. The monoisotopic (exact) mass is 334 g/mol. The second kappa shape index (κ2) is 6.34. The Labute approximate surface area is 136 Å². The number of alkyl halides is 2. The van der Waals surface area contributed by atoms with Gasteiger partial charge in [0.1, 0.15) is 5.75 Å². The molecular weight excluding hydrogens is 323 g/mol. The zero-order chi connectivity index (χ0) is 15.5. The summed E-state index contributed by atoms with van der Waals surface area (Å²) in [6.07, 6.45) is 1.56. The number of aromatic nitrogens is 3. The third-order valence-electron chi connectivity index (χ3n) is 3.26. The Morgan fingerprint density at radius 1 is 1.05 bits per heavy atom. The van der Waals surface area contributed by atoms with Crippen molar-refractivity contribution < 1.29 is 5.11 Å². The molecule has 0 bridgehead atoms. The molecule has 112 valence electrons. The van der Waals surface area contributed by atoms with Crippen molar-refractivity contribution >= 4 is 40.2 Å². The molecule has 0 radical (unpaired) electrons. The molecule has 0 saturated heterocycles. The van der Waals surface area contributed by atoms with Gasteiger partial charge in [0.25, 0.3) is 0 Å². The average Bonchev–Trinajstić information content (AvgIpc) is 2.96. The predicted molar refractivity (Wildman–Crippen MR) is 87.7 cm³/mol. The first kappa shape index (κ1) is 14.8. The van der Waals surface area contributed by atoms with Gasteiger partial charge in [0.05, 0.1) is 18.0 Å². The zero-order valence-corrected chi connectivity index (χ0v) is 13.0. The largest absolute Gasteiger partial charge is 0.507 e. The number of rotatable bonds is 4. The fraction of sp³-hybridized carbons (Fsp3) is 0.133. The molecule has 0 unspecified atom stereocenters. The van der Waals surface area contributed by atoms with Gasteiger partial charge in [-0.1, -0.05) is 30.3 Å². The number of phenols is 1. The lowest BCUT2D eigenvalue weighted by atomic mass is 10.0. The van der Waals surface area contributed by atoms with Crippen molar-refractivity contribution in [3.8, 4) is 5.75 Å². The van der Waals surface area contributed by atoms with Crippen LogP contribution in [-0.4, -0.2) is 26.2 Å². The van der Waals surface area contributed by atoms with Crippen molar-refractivity contribution in [2.45, 2.75) is 11.8 Å². The predicted octanol–water partition coefficient (Wildman–Crippen LogP) is 3.50. The molecule has 0 aliphatic heterocycles. The van der Waals surface area contributed by atoms with Gasteiger partial charge in [-0.3, -0.25) is 0 Å². The van der Waals surface area contributed by atoms with Crippen LogP contribution >= 0.6 is 23.2 Å².